The Morgan fingerprint density at radius 1 is 1.45 bits per heavy atom. The van der Waals surface area contributed by atoms with Gasteiger partial charge in [0.1, 0.15) is 0 Å². The summed E-state index contributed by atoms with van der Waals surface area (Å²) in [5, 5.41) is 6.37. The zero-order valence-electron chi connectivity index (χ0n) is 12.1. The first-order chi connectivity index (χ1) is 9.61. The van der Waals surface area contributed by atoms with Gasteiger partial charge in [0.25, 0.3) is 0 Å². The highest BCUT2D eigenvalue weighted by Gasteiger charge is 2.23. The van der Waals surface area contributed by atoms with E-state index in [0.29, 0.717) is 0 Å². The highest BCUT2D eigenvalue weighted by atomic mass is 79.9. The number of amides is 1. The maximum atomic E-state index is 12.4. The van der Waals surface area contributed by atoms with Crippen molar-refractivity contribution in [2.24, 2.45) is 0 Å². The number of aryl methyl sites for hydroxylation is 1. The van der Waals surface area contributed by atoms with Gasteiger partial charge in [0.2, 0.25) is 5.91 Å². The third kappa shape index (κ3) is 3.81. The fourth-order valence-electron chi connectivity index (χ4n) is 2.45. The first-order valence-electron chi connectivity index (χ1n) is 7.16. The van der Waals surface area contributed by atoms with Gasteiger partial charge in [-0.3, -0.25) is 9.69 Å². The normalized spacial score (nSPS) is 17.8. The van der Waals surface area contributed by atoms with Crippen LogP contribution in [0.25, 0.3) is 0 Å². The predicted octanol–water partition coefficient (Wildman–Crippen LogP) is 2.24. The molecule has 1 aromatic rings. The van der Waals surface area contributed by atoms with E-state index in [-0.39, 0.29) is 11.9 Å². The molecule has 0 radical (unpaired) electrons. The Morgan fingerprint density at radius 2 is 2.15 bits per heavy atom. The molecule has 1 amide bonds. The van der Waals surface area contributed by atoms with Crippen LogP contribution < -0.4 is 10.6 Å². The summed E-state index contributed by atoms with van der Waals surface area (Å²) < 4.78 is 1.04. The van der Waals surface area contributed by atoms with Crippen molar-refractivity contribution < 1.29 is 4.79 Å². The lowest BCUT2D eigenvalue weighted by Gasteiger charge is -2.32. The number of hydrogen-bond acceptors (Lipinski definition) is 3. The number of piperazine rings is 1. The van der Waals surface area contributed by atoms with E-state index >= 15 is 0 Å². The number of hydrogen-bond donors (Lipinski definition) is 2. The molecule has 4 nitrogen and oxygen atoms in total. The topological polar surface area (TPSA) is 44.4 Å². The van der Waals surface area contributed by atoms with Crippen LogP contribution in [0.5, 0.6) is 0 Å². The highest BCUT2D eigenvalue weighted by molar-refractivity contribution is 9.10. The van der Waals surface area contributed by atoms with Gasteiger partial charge >= 0.3 is 0 Å². The first kappa shape index (κ1) is 15.5. The molecule has 1 saturated heterocycles. The van der Waals surface area contributed by atoms with Crippen molar-refractivity contribution in [3.8, 4) is 0 Å². The zero-order valence-corrected chi connectivity index (χ0v) is 13.7. The summed E-state index contributed by atoms with van der Waals surface area (Å²) in [4.78, 5) is 14.6. The van der Waals surface area contributed by atoms with Gasteiger partial charge in [0.15, 0.2) is 0 Å². The Hall–Kier alpha value is -0.910. The molecule has 1 atom stereocenters. The molecule has 0 aromatic heterocycles. The standard InChI is InChI=1S/C15H22BrN3O/c1-3-12-10-13(16)4-5-14(12)18-15(20)11(2)19-8-6-17-7-9-19/h4-5,10-11,17H,3,6-9H2,1-2H3,(H,18,20). The number of rotatable bonds is 4. The van der Waals surface area contributed by atoms with Gasteiger partial charge in [-0.1, -0.05) is 22.9 Å². The van der Waals surface area contributed by atoms with E-state index in [2.05, 4.69) is 44.5 Å². The summed E-state index contributed by atoms with van der Waals surface area (Å²) in [5.74, 6) is 0.0731. The quantitative estimate of drug-likeness (QED) is 0.884. The van der Waals surface area contributed by atoms with Crippen molar-refractivity contribution in [2.45, 2.75) is 26.3 Å². The number of nitrogens with zero attached hydrogens (tertiary/aromatic N) is 1. The number of carbonyl (C=O) groups is 1. The summed E-state index contributed by atoms with van der Waals surface area (Å²) >= 11 is 3.47. The van der Waals surface area contributed by atoms with Crippen LogP contribution in [0, 0.1) is 0 Å². The molecular weight excluding hydrogens is 318 g/mol. The minimum absolute atomic E-state index is 0.0731. The molecule has 1 heterocycles. The maximum absolute atomic E-state index is 12.4. The van der Waals surface area contributed by atoms with Crippen molar-refractivity contribution in [1.29, 1.82) is 0 Å². The Kier molecular flexibility index (Phi) is 5.57. The lowest BCUT2D eigenvalue weighted by Crippen LogP contribution is -2.51. The van der Waals surface area contributed by atoms with Crippen molar-refractivity contribution >= 4 is 27.5 Å². The monoisotopic (exact) mass is 339 g/mol. The molecule has 2 N–H and O–H groups in total. The number of anilines is 1. The van der Waals surface area contributed by atoms with Crippen LogP contribution in [0.15, 0.2) is 22.7 Å². The maximum Gasteiger partial charge on any atom is 0.241 e. The zero-order chi connectivity index (χ0) is 14.5. The van der Waals surface area contributed by atoms with E-state index in [1.54, 1.807) is 0 Å². The average Bonchev–Trinajstić information content (AvgIpc) is 2.49. The van der Waals surface area contributed by atoms with Crippen LogP contribution in [0.1, 0.15) is 19.4 Å². The molecular formula is C15H22BrN3O. The van der Waals surface area contributed by atoms with Crippen LogP contribution in [-0.2, 0) is 11.2 Å². The van der Waals surface area contributed by atoms with E-state index in [0.717, 1.165) is 48.3 Å². The van der Waals surface area contributed by atoms with E-state index in [4.69, 9.17) is 0 Å². The smallest absolute Gasteiger partial charge is 0.241 e. The second-order valence-corrected chi connectivity index (χ2v) is 6.02. The minimum Gasteiger partial charge on any atom is -0.324 e. The van der Waals surface area contributed by atoms with Crippen LogP contribution >= 0.6 is 15.9 Å². The van der Waals surface area contributed by atoms with Crippen LogP contribution in [0.4, 0.5) is 5.69 Å². The Labute approximate surface area is 129 Å². The molecule has 0 spiro atoms. The van der Waals surface area contributed by atoms with Crippen molar-refractivity contribution in [3.05, 3.63) is 28.2 Å². The molecule has 110 valence electrons. The number of nitrogens with one attached hydrogen (secondary N) is 2. The van der Waals surface area contributed by atoms with Crippen LogP contribution in [0.3, 0.4) is 0 Å². The Bertz CT molecular complexity index is 472. The van der Waals surface area contributed by atoms with Gasteiger partial charge in [-0.25, -0.2) is 0 Å². The summed E-state index contributed by atoms with van der Waals surface area (Å²) in [5.41, 5.74) is 2.07. The first-order valence-corrected chi connectivity index (χ1v) is 7.95. The molecule has 0 aliphatic carbocycles. The fraction of sp³-hybridized carbons (Fsp3) is 0.533. The van der Waals surface area contributed by atoms with Gasteiger partial charge in [0.05, 0.1) is 6.04 Å². The summed E-state index contributed by atoms with van der Waals surface area (Å²) in [6.07, 6.45) is 0.900. The third-order valence-electron chi connectivity index (χ3n) is 3.78. The molecule has 1 unspecified atom stereocenters. The highest BCUT2D eigenvalue weighted by Crippen LogP contribution is 2.22. The second kappa shape index (κ2) is 7.20. The minimum atomic E-state index is -0.0922. The van der Waals surface area contributed by atoms with Crippen LogP contribution in [-0.4, -0.2) is 43.0 Å². The molecule has 1 aliphatic heterocycles. The van der Waals surface area contributed by atoms with Gasteiger partial charge in [-0.15, -0.1) is 0 Å². The van der Waals surface area contributed by atoms with Gasteiger partial charge < -0.3 is 10.6 Å². The van der Waals surface area contributed by atoms with Crippen molar-refractivity contribution in [2.75, 3.05) is 31.5 Å². The van der Waals surface area contributed by atoms with E-state index in [9.17, 15) is 4.79 Å². The predicted molar refractivity (Wildman–Crippen MR) is 86.1 cm³/mol. The lowest BCUT2D eigenvalue weighted by atomic mass is 10.1. The molecule has 0 saturated carbocycles. The molecule has 20 heavy (non-hydrogen) atoms. The summed E-state index contributed by atoms with van der Waals surface area (Å²) in [7, 11) is 0. The SMILES string of the molecule is CCc1cc(Br)ccc1NC(=O)C(C)N1CCNCC1. The summed E-state index contributed by atoms with van der Waals surface area (Å²) in [6, 6.07) is 5.89. The summed E-state index contributed by atoms with van der Waals surface area (Å²) in [6.45, 7) is 7.83. The molecule has 5 heteroatoms. The number of carbonyl (C=O) groups excluding carboxylic acids is 1. The number of benzene rings is 1. The second-order valence-electron chi connectivity index (χ2n) is 5.11. The lowest BCUT2D eigenvalue weighted by molar-refractivity contribution is -0.120. The van der Waals surface area contributed by atoms with E-state index in [1.807, 2.05) is 19.1 Å². The number of halogens is 1. The Morgan fingerprint density at radius 3 is 2.80 bits per heavy atom. The Balaban J connectivity index is 2.03. The van der Waals surface area contributed by atoms with Crippen molar-refractivity contribution in [3.63, 3.8) is 0 Å². The van der Waals surface area contributed by atoms with E-state index < -0.39 is 0 Å². The molecule has 2 rings (SSSR count). The molecule has 1 fully saturated rings. The largest absolute Gasteiger partial charge is 0.324 e. The van der Waals surface area contributed by atoms with Gasteiger partial charge in [0, 0.05) is 36.3 Å². The fourth-order valence-corrected chi connectivity index (χ4v) is 2.86. The molecule has 1 aliphatic rings. The van der Waals surface area contributed by atoms with E-state index in [1.165, 1.54) is 0 Å². The molecule has 0 bridgehead atoms. The average molecular weight is 340 g/mol. The third-order valence-corrected chi connectivity index (χ3v) is 4.28. The van der Waals surface area contributed by atoms with Gasteiger partial charge in [-0.05, 0) is 37.1 Å². The molecule has 1 aromatic carbocycles. The van der Waals surface area contributed by atoms with Crippen molar-refractivity contribution in [1.82, 2.24) is 10.2 Å². The van der Waals surface area contributed by atoms with Crippen LogP contribution in [0.2, 0.25) is 0 Å². The van der Waals surface area contributed by atoms with Gasteiger partial charge in [-0.2, -0.15) is 0 Å².